The van der Waals surface area contributed by atoms with Gasteiger partial charge in [-0.2, -0.15) is 13.2 Å². The maximum Gasteiger partial charge on any atom is 0.418 e. The Morgan fingerprint density at radius 3 is 2.43 bits per heavy atom. The summed E-state index contributed by atoms with van der Waals surface area (Å²) in [6.45, 7) is 3.36. The SMILES string of the molecule is C[C@H]([NH2+][C@H](C)C(=O)Nc1ccc([N+](=O)[O-])cc1C(F)(F)F)c1ccccc1Cl. The van der Waals surface area contributed by atoms with E-state index in [1.807, 2.05) is 6.92 Å². The van der Waals surface area contributed by atoms with Gasteiger partial charge in [0.25, 0.3) is 11.6 Å². The number of nitro groups is 1. The molecule has 0 saturated carbocycles. The van der Waals surface area contributed by atoms with Gasteiger partial charge in [-0.1, -0.05) is 29.8 Å². The Morgan fingerprint density at radius 1 is 1.21 bits per heavy atom. The third-order valence-electron chi connectivity index (χ3n) is 4.16. The summed E-state index contributed by atoms with van der Waals surface area (Å²) in [6.07, 6.45) is -4.85. The van der Waals surface area contributed by atoms with Crippen molar-refractivity contribution in [2.24, 2.45) is 0 Å². The quantitative estimate of drug-likeness (QED) is 0.552. The molecule has 2 aromatic carbocycles. The predicted molar refractivity (Wildman–Crippen MR) is 98.0 cm³/mol. The minimum Gasteiger partial charge on any atom is -0.330 e. The molecule has 2 rings (SSSR count). The van der Waals surface area contributed by atoms with Crippen LogP contribution in [0.3, 0.4) is 0 Å². The van der Waals surface area contributed by atoms with Crippen LogP contribution in [0.4, 0.5) is 24.5 Å². The third-order valence-corrected chi connectivity index (χ3v) is 4.51. The molecule has 0 heterocycles. The Kier molecular flexibility index (Phi) is 6.63. The number of carbonyl (C=O) groups excluding carboxylic acids is 1. The van der Waals surface area contributed by atoms with Crippen LogP contribution >= 0.6 is 11.6 Å². The number of hydrogen-bond acceptors (Lipinski definition) is 3. The van der Waals surface area contributed by atoms with E-state index in [2.05, 4.69) is 5.32 Å². The number of hydrogen-bond donors (Lipinski definition) is 2. The number of nitrogens with zero attached hydrogens (tertiary/aromatic N) is 1. The fourth-order valence-corrected chi connectivity index (χ4v) is 3.01. The molecule has 0 aliphatic rings. The normalized spacial score (nSPS) is 13.6. The first-order valence-corrected chi connectivity index (χ1v) is 8.64. The molecule has 28 heavy (non-hydrogen) atoms. The molecule has 1 amide bonds. The van der Waals surface area contributed by atoms with Crippen LogP contribution in [0.2, 0.25) is 5.02 Å². The van der Waals surface area contributed by atoms with E-state index in [0.717, 1.165) is 17.7 Å². The molecule has 0 spiro atoms. The van der Waals surface area contributed by atoms with Gasteiger partial charge in [0.05, 0.1) is 16.2 Å². The van der Waals surface area contributed by atoms with Crippen LogP contribution in [0, 0.1) is 10.1 Å². The lowest BCUT2D eigenvalue weighted by Crippen LogP contribution is -2.91. The molecule has 2 aromatic rings. The molecule has 0 radical (unpaired) electrons. The molecule has 10 heteroatoms. The average molecular weight is 417 g/mol. The van der Waals surface area contributed by atoms with E-state index in [-0.39, 0.29) is 6.04 Å². The van der Waals surface area contributed by atoms with Gasteiger partial charge in [0.2, 0.25) is 0 Å². The monoisotopic (exact) mass is 416 g/mol. The zero-order valence-corrected chi connectivity index (χ0v) is 15.7. The molecular weight excluding hydrogens is 399 g/mol. The van der Waals surface area contributed by atoms with Crippen molar-refractivity contribution in [3.8, 4) is 0 Å². The van der Waals surface area contributed by atoms with Crippen molar-refractivity contribution in [2.45, 2.75) is 32.1 Å². The van der Waals surface area contributed by atoms with Crippen LogP contribution in [0.15, 0.2) is 42.5 Å². The first-order valence-electron chi connectivity index (χ1n) is 8.26. The highest BCUT2D eigenvalue weighted by Crippen LogP contribution is 2.37. The van der Waals surface area contributed by atoms with Crippen molar-refractivity contribution < 1.29 is 28.2 Å². The Hall–Kier alpha value is -2.65. The Morgan fingerprint density at radius 2 is 1.86 bits per heavy atom. The molecule has 0 aliphatic heterocycles. The van der Waals surface area contributed by atoms with Gasteiger partial charge in [0.15, 0.2) is 6.04 Å². The largest absolute Gasteiger partial charge is 0.418 e. The number of quaternary nitrogens is 1. The Balaban J connectivity index is 2.17. The molecule has 0 aromatic heterocycles. The number of non-ortho nitro benzene ring substituents is 1. The summed E-state index contributed by atoms with van der Waals surface area (Å²) in [7, 11) is 0. The summed E-state index contributed by atoms with van der Waals surface area (Å²) in [5.41, 5.74) is -1.73. The van der Waals surface area contributed by atoms with Crippen LogP contribution in [-0.2, 0) is 11.0 Å². The highest BCUT2D eigenvalue weighted by atomic mass is 35.5. The lowest BCUT2D eigenvalue weighted by Gasteiger charge is -2.19. The third kappa shape index (κ3) is 5.20. The Labute approximate surface area is 163 Å². The van der Waals surface area contributed by atoms with Crippen molar-refractivity contribution in [3.05, 3.63) is 68.7 Å². The van der Waals surface area contributed by atoms with E-state index >= 15 is 0 Å². The van der Waals surface area contributed by atoms with Crippen molar-refractivity contribution in [2.75, 3.05) is 5.32 Å². The number of amides is 1. The number of benzene rings is 2. The van der Waals surface area contributed by atoms with Gasteiger partial charge in [0.1, 0.15) is 6.04 Å². The van der Waals surface area contributed by atoms with Crippen LogP contribution in [-0.4, -0.2) is 16.9 Å². The summed E-state index contributed by atoms with van der Waals surface area (Å²) in [4.78, 5) is 22.2. The van der Waals surface area contributed by atoms with E-state index in [4.69, 9.17) is 11.6 Å². The fraction of sp³-hybridized carbons (Fsp3) is 0.278. The number of rotatable bonds is 6. The molecule has 0 aliphatic carbocycles. The number of anilines is 1. The second-order valence-corrected chi connectivity index (χ2v) is 6.67. The minimum absolute atomic E-state index is 0.214. The van der Waals surface area contributed by atoms with E-state index in [1.165, 1.54) is 0 Å². The van der Waals surface area contributed by atoms with Gasteiger partial charge in [0, 0.05) is 22.7 Å². The molecule has 0 fully saturated rings. The topological polar surface area (TPSA) is 88.8 Å². The summed E-state index contributed by atoms with van der Waals surface area (Å²) in [5, 5.41) is 15.1. The zero-order chi connectivity index (χ0) is 21.1. The van der Waals surface area contributed by atoms with Crippen molar-refractivity contribution in [1.82, 2.24) is 0 Å². The van der Waals surface area contributed by atoms with E-state index < -0.39 is 40.0 Å². The maximum absolute atomic E-state index is 13.2. The van der Waals surface area contributed by atoms with Gasteiger partial charge in [-0.25, -0.2) is 0 Å². The second kappa shape index (κ2) is 8.57. The van der Waals surface area contributed by atoms with Crippen LogP contribution in [0.5, 0.6) is 0 Å². The molecule has 0 bridgehead atoms. The van der Waals surface area contributed by atoms with Gasteiger partial charge in [-0.05, 0) is 26.0 Å². The Bertz CT molecular complexity index is 890. The standard InChI is InChI=1S/C18H17ClF3N3O3/c1-10(13-5-3-4-6-15(13)19)23-11(2)17(26)24-16-8-7-12(25(27)28)9-14(16)18(20,21)22/h3-11,23H,1-2H3,(H,24,26)/p+1/t10-,11+/m0/s1. The van der Waals surface area contributed by atoms with Gasteiger partial charge in [-0.15, -0.1) is 0 Å². The van der Waals surface area contributed by atoms with Gasteiger partial charge < -0.3 is 10.6 Å². The molecule has 0 saturated heterocycles. The number of nitrogens with one attached hydrogen (secondary N) is 1. The zero-order valence-electron chi connectivity index (χ0n) is 15.0. The molecule has 3 N–H and O–H groups in total. The summed E-state index contributed by atoms with van der Waals surface area (Å²) >= 11 is 6.12. The average Bonchev–Trinajstić information content (AvgIpc) is 2.61. The second-order valence-electron chi connectivity index (χ2n) is 6.27. The first kappa shape index (κ1) is 21.6. The summed E-state index contributed by atoms with van der Waals surface area (Å²) in [6, 6.07) is 8.30. The number of carbonyl (C=O) groups is 1. The highest BCUT2D eigenvalue weighted by Gasteiger charge is 2.36. The van der Waals surface area contributed by atoms with Gasteiger partial charge in [-0.3, -0.25) is 14.9 Å². The first-order chi connectivity index (χ1) is 13.0. The van der Waals surface area contributed by atoms with Crippen LogP contribution in [0.25, 0.3) is 0 Å². The molecule has 0 unspecified atom stereocenters. The van der Waals surface area contributed by atoms with Crippen molar-refractivity contribution >= 4 is 28.9 Å². The molecule has 150 valence electrons. The lowest BCUT2D eigenvalue weighted by atomic mass is 10.1. The maximum atomic E-state index is 13.2. The molecule has 2 atom stereocenters. The fourth-order valence-electron chi connectivity index (χ4n) is 2.70. The van der Waals surface area contributed by atoms with E-state index in [1.54, 1.807) is 36.5 Å². The highest BCUT2D eigenvalue weighted by molar-refractivity contribution is 6.31. The van der Waals surface area contributed by atoms with Crippen molar-refractivity contribution in [3.63, 3.8) is 0 Å². The van der Waals surface area contributed by atoms with Crippen LogP contribution < -0.4 is 10.6 Å². The van der Waals surface area contributed by atoms with Gasteiger partial charge >= 0.3 is 6.18 Å². The summed E-state index contributed by atoms with van der Waals surface area (Å²) in [5.74, 6) is -0.668. The number of nitro benzene ring substituents is 1. The van der Waals surface area contributed by atoms with E-state index in [9.17, 15) is 28.1 Å². The number of nitrogens with two attached hydrogens (primary N) is 1. The smallest absolute Gasteiger partial charge is 0.330 e. The van der Waals surface area contributed by atoms with Crippen LogP contribution in [0.1, 0.15) is 31.0 Å². The van der Waals surface area contributed by atoms with E-state index in [0.29, 0.717) is 11.1 Å². The van der Waals surface area contributed by atoms with Crippen molar-refractivity contribution in [1.29, 1.82) is 0 Å². The number of halogens is 4. The summed E-state index contributed by atoms with van der Waals surface area (Å²) < 4.78 is 39.7. The number of alkyl halides is 3. The molecular formula is C18H18ClF3N3O3+. The minimum atomic E-state index is -4.85. The lowest BCUT2D eigenvalue weighted by molar-refractivity contribution is -0.709. The molecule has 6 nitrogen and oxygen atoms in total. The predicted octanol–water partition coefficient (Wildman–Crippen LogP) is 3.92.